The fourth-order valence-electron chi connectivity index (χ4n) is 3.85. The number of H-pyrrole nitrogens is 1. The molecule has 32 heavy (non-hydrogen) atoms. The average Bonchev–Trinajstić information content (AvgIpc) is 3.28. The maximum Gasteiger partial charge on any atom is 0.271 e. The third-order valence-electron chi connectivity index (χ3n) is 5.80. The van der Waals surface area contributed by atoms with Crippen LogP contribution < -0.4 is 16.2 Å². The topological polar surface area (TPSA) is 99.8 Å². The van der Waals surface area contributed by atoms with Crippen molar-refractivity contribution >= 4 is 11.6 Å². The van der Waals surface area contributed by atoms with Gasteiger partial charge in [0.1, 0.15) is 11.5 Å². The van der Waals surface area contributed by atoms with E-state index in [1.54, 1.807) is 36.7 Å². The van der Waals surface area contributed by atoms with Gasteiger partial charge in [-0.1, -0.05) is 32.9 Å². The van der Waals surface area contributed by atoms with E-state index in [0.717, 1.165) is 42.9 Å². The van der Waals surface area contributed by atoms with Gasteiger partial charge in [-0.15, -0.1) is 0 Å². The first-order valence-corrected chi connectivity index (χ1v) is 11.0. The quantitative estimate of drug-likeness (QED) is 0.574. The van der Waals surface area contributed by atoms with Crippen molar-refractivity contribution in [3.8, 4) is 11.3 Å². The second-order valence-electron chi connectivity index (χ2n) is 9.33. The first kappa shape index (κ1) is 21.9. The van der Waals surface area contributed by atoms with Crippen LogP contribution in [0.15, 0.2) is 53.6 Å². The number of anilines is 1. The summed E-state index contributed by atoms with van der Waals surface area (Å²) in [5, 5.41) is 6.09. The van der Waals surface area contributed by atoms with Crippen LogP contribution in [-0.4, -0.2) is 33.9 Å². The van der Waals surface area contributed by atoms with Crippen LogP contribution in [0.5, 0.6) is 0 Å². The monoisotopic (exact) mass is 431 g/mol. The molecule has 7 heteroatoms. The van der Waals surface area contributed by atoms with E-state index in [1.165, 1.54) is 0 Å². The van der Waals surface area contributed by atoms with E-state index in [1.807, 2.05) is 12.1 Å². The van der Waals surface area contributed by atoms with Crippen molar-refractivity contribution < 1.29 is 4.79 Å². The maximum atomic E-state index is 12.7. The fourth-order valence-corrected chi connectivity index (χ4v) is 3.85. The molecule has 0 spiro atoms. The number of carbonyl (C=O) groups is 1. The van der Waals surface area contributed by atoms with E-state index in [0.29, 0.717) is 17.2 Å². The number of aromatic amines is 1. The molecule has 4 rings (SSSR count). The lowest BCUT2D eigenvalue weighted by Gasteiger charge is -2.19. The molecular weight excluding hydrogens is 402 g/mol. The zero-order chi connectivity index (χ0) is 22.7. The highest BCUT2D eigenvalue weighted by atomic mass is 16.2. The average molecular weight is 432 g/mol. The summed E-state index contributed by atoms with van der Waals surface area (Å²) < 4.78 is 0. The fraction of sp³-hybridized carbons (Fsp3) is 0.360. The number of hydrogen-bond acceptors (Lipinski definition) is 5. The molecule has 0 bridgehead atoms. The summed E-state index contributed by atoms with van der Waals surface area (Å²) in [6.07, 6.45) is 5.29. The molecule has 7 nitrogen and oxygen atoms in total. The summed E-state index contributed by atoms with van der Waals surface area (Å²) in [7, 11) is 0. The number of nitrogens with zero attached hydrogens (tertiary/aromatic N) is 2. The van der Waals surface area contributed by atoms with Crippen molar-refractivity contribution in [3.05, 3.63) is 76.1 Å². The Morgan fingerprint density at radius 3 is 2.66 bits per heavy atom. The van der Waals surface area contributed by atoms with Crippen LogP contribution in [0.25, 0.3) is 11.3 Å². The van der Waals surface area contributed by atoms with Gasteiger partial charge in [-0.3, -0.25) is 9.59 Å². The highest BCUT2D eigenvalue weighted by Gasteiger charge is 2.18. The van der Waals surface area contributed by atoms with Crippen molar-refractivity contribution in [2.75, 3.05) is 18.4 Å². The van der Waals surface area contributed by atoms with Crippen LogP contribution >= 0.6 is 0 Å². The standard InChI is InChI=1S/C25H29N5O2/c1-25(2,3)19-6-4-17(5-7-19)23(31)30-21-13-18(15-28-24(21)32)20-9-11-27-22(29-20)12-16-8-10-26-14-16/h4-7,9,11,13,15-16,26H,8,10,12,14H2,1-3H3,(H,28,32)(H,30,31). The normalized spacial score (nSPS) is 16.2. The molecule has 1 aliphatic heterocycles. The van der Waals surface area contributed by atoms with Crippen LogP contribution in [0.4, 0.5) is 5.69 Å². The Labute approximate surface area is 187 Å². The number of pyridine rings is 1. The SMILES string of the molecule is CC(C)(C)c1ccc(C(=O)Nc2cc(-c3ccnc(CC4CCNC4)n3)c[nH]c2=O)cc1. The Morgan fingerprint density at radius 2 is 1.97 bits per heavy atom. The maximum absolute atomic E-state index is 12.7. The summed E-state index contributed by atoms with van der Waals surface area (Å²) in [6, 6.07) is 10.9. The highest BCUT2D eigenvalue weighted by Crippen LogP contribution is 2.23. The van der Waals surface area contributed by atoms with Crippen LogP contribution in [0.2, 0.25) is 0 Å². The molecule has 0 radical (unpaired) electrons. The molecule has 166 valence electrons. The number of nitrogens with one attached hydrogen (secondary N) is 3. The van der Waals surface area contributed by atoms with Gasteiger partial charge < -0.3 is 15.6 Å². The van der Waals surface area contributed by atoms with Crippen LogP contribution in [0.1, 0.15) is 48.9 Å². The van der Waals surface area contributed by atoms with Crippen molar-refractivity contribution in [1.29, 1.82) is 0 Å². The minimum absolute atomic E-state index is 0.00511. The Morgan fingerprint density at radius 1 is 1.19 bits per heavy atom. The Bertz CT molecular complexity index is 1160. The van der Waals surface area contributed by atoms with Crippen molar-refractivity contribution in [2.24, 2.45) is 5.92 Å². The molecule has 1 unspecified atom stereocenters. The van der Waals surface area contributed by atoms with Gasteiger partial charge in [0.05, 0.1) is 5.69 Å². The zero-order valence-electron chi connectivity index (χ0n) is 18.7. The number of benzene rings is 1. The van der Waals surface area contributed by atoms with Gasteiger partial charge in [0.15, 0.2) is 0 Å². The number of aromatic nitrogens is 3. The molecule has 3 N–H and O–H groups in total. The molecule has 1 aliphatic rings. The van der Waals surface area contributed by atoms with Crippen LogP contribution in [0, 0.1) is 5.92 Å². The van der Waals surface area contributed by atoms with Gasteiger partial charge >= 0.3 is 0 Å². The van der Waals surface area contributed by atoms with Crippen LogP contribution in [0.3, 0.4) is 0 Å². The van der Waals surface area contributed by atoms with Gasteiger partial charge in [0.25, 0.3) is 11.5 Å². The minimum Gasteiger partial charge on any atom is -0.327 e. The summed E-state index contributed by atoms with van der Waals surface area (Å²) in [6.45, 7) is 8.38. The predicted molar refractivity (Wildman–Crippen MR) is 126 cm³/mol. The molecule has 0 saturated carbocycles. The summed E-state index contributed by atoms with van der Waals surface area (Å²) in [5.41, 5.74) is 2.90. The summed E-state index contributed by atoms with van der Waals surface area (Å²) >= 11 is 0. The second kappa shape index (κ2) is 9.04. The first-order valence-electron chi connectivity index (χ1n) is 11.0. The molecular formula is C25H29N5O2. The molecule has 1 atom stereocenters. The van der Waals surface area contributed by atoms with E-state index in [-0.39, 0.29) is 22.6 Å². The third kappa shape index (κ3) is 5.11. The van der Waals surface area contributed by atoms with Gasteiger partial charge in [0.2, 0.25) is 0 Å². The van der Waals surface area contributed by atoms with E-state index in [2.05, 4.69) is 46.4 Å². The highest BCUT2D eigenvalue weighted by molar-refractivity contribution is 6.04. The molecule has 3 heterocycles. The lowest BCUT2D eigenvalue weighted by atomic mass is 9.87. The first-order chi connectivity index (χ1) is 15.3. The predicted octanol–water partition coefficient (Wildman–Crippen LogP) is 3.53. The number of carbonyl (C=O) groups excluding carboxylic acids is 1. The Kier molecular flexibility index (Phi) is 6.19. The summed E-state index contributed by atoms with van der Waals surface area (Å²) in [5.74, 6) is 0.998. The molecule has 1 fully saturated rings. The molecule has 2 aromatic heterocycles. The van der Waals surface area contributed by atoms with E-state index in [4.69, 9.17) is 0 Å². The van der Waals surface area contributed by atoms with E-state index < -0.39 is 0 Å². The number of hydrogen-bond donors (Lipinski definition) is 3. The van der Waals surface area contributed by atoms with Crippen LogP contribution in [-0.2, 0) is 11.8 Å². The minimum atomic E-state index is -0.361. The van der Waals surface area contributed by atoms with Gasteiger partial charge in [-0.25, -0.2) is 9.97 Å². The molecule has 1 amide bonds. The second-order valence-corrected chi connectivity index (χ2v) is 9.33. The van der Waals surface area contributed by atoms with Crippen molar-refractivity contribution in [2.45, 2.75) is 39.0 Å². The van der Waals surface area contributed by atoms with Crippen molar-refractivity contribution in [1.82, 2.24) is 20.3 Å². The number of rotatable bonds is 5. The lowest BCUT2D eigenvalue weighted by Crippen LogP contribution is -2.20. The van der Waals surface area contributed by atoms with Gasteiger partial charge in [0, 0.05) is 29.9 Å². The molecule has 1 aromatic carbocycles. The zero-order valence-corrected chi connectivity index (χ0v) is 18.7. The van der Waals surface area contributed by atoms with E-state index in [9.17, 15) is 9.59 Å². The Balaban J connectivity index is 1.53. The third-order valence-corrected chi connectivity index (χ3v) is 5.80. The molecule has 3 aromatic rings. The van der Waals surface area contributed by atoms with Crippen molar-refractivity contribution in [3.63, 3.8) is 0 Å². The smallest absolute Gasteiger partial charge is 0.271 e. The molecule has 0 aliphatic carbocycles. The lowest BCUT2D eigenvalue weighted by molar-refractivity contribution is 0.102. The van der Waals surface area contributed by atoms with Gasteiger partial charge in [-0.2, -0.15) is 0 Å². The number of amides is 1. The largest absolute Gasteiger partial charge is 0.327 e. The van der Waals surface area contributed by atoms with E-state index >= 15 is 0 Å². The van der Waals surface area contributed by atoms with Gasteiger partial charge in [-0.05, 0) is 60.7 Å². The molecule has 1 saturated heterocycles. The Hall–Kier alpha value is -3.32. The summed E-state index contributed by atoms with van der Waals surface area (Å²) in [4.78, 5) is 36.8.